The number of hydrogen-bond acceptors (Lipinski definition) is 6. The summed E-state index contributed by atoms with van der Waals surface area (Å²) in [4.78, 5) is 19.1. The molecule has 3 heterocycles. The van der Waals surface area contributed by atoms with E-state index in [1.807, 2.05) is 24.3 Å². The Hall–Kier alpha value is -2.87. The van der Waals surface area contributed by atoms with E-state index in [4.69, 9.17) is 9.47 Å². The molecule has 0 amide bonds. The van der Waals surface area contributed by atoms with Gasteiger partial charge in [0.15, 0.2) is 0 Å². The van der Waals surface area contributed by atoms with Gasteiger partial charge in [0.2, 0.25) is 0 Å². The van der Waals surface area contributed by atoms with E-state index in [0.29, 0.717) is 13.0 Å². The average molecular weight is 450 g/mol. The summed E-state index contributed by atoms with van der Waals surface area (Å²) in [6, 6.07) is 16.2. The summed E-state index contributed by atoms with van der Waals surface area (Å²) < 4.78 is 10.8. The van der Waals surface area contributed by atoms with Crippen LogP contribution < -0.4 is 10.1 Å². The number of carbonyl (C=O) groups excluding carboxylic acids is 1. The number of H-pyrrole nitrogens is 1. The Morgan fingerprint density at radius 3 is 2.76 bits per heavy atom. The number of benzene rings is 2. The van der Waals surface area contributed by atoms with Crippen LogP contribution in [-0.2, 0) is 16.0 Å². The number of aromatic nitrogens is 1. The molecule has 174 valence electrons. The first-order chi connectivity index (χ1) is 16.1. The van der Waals surface area contributed by atoms with Crippen LogP contribution in [0.2, 0.25) is 0 Å². The van der Waals surface area contributed by atoms with E-state index in [-0.39, 0.29) is 36.7 Å². The highest BCUT2D eigenvalue weighted by Crippen LogP contribution is 2.49. The molecule has 0 unspecified atom stereocenters. The predicted octanol–water partition coefficient (Wildman–Crippen LogP) is 3.10. The van der Waals surface area contributed by atoms with Gasteiger partial charge < -0.3 is 24.9 Å². The van der Waals surface area contributed by atoms with E-state index in [0.717, 1.165) is 29.7 Å². The van der Waals surface area contributed by atoms with Crippen LogP contribution in [0.4, 0.5) is 0 Å². The highest BCUT2D eigenvalue weighted by atomic mass is 16.5. The summed E-state index contributed by atoms with van der Waals surface area (Å²) in [6.45, 7) is 0.638. The molecule has 3 N–H and O–H groups in total. The molecule has 2 aromatic carbocycles. The number of fused-ring (bicyclic) bond motifs is 5. The van der Waals surface area contributed by atoms with Crippen molar-refractivity contribution in [3.63, 3.8) is 0 Å². The first-order valence-electron chi connectivity index (χ1n) is 11.6. The lowest BCUT2D eigenvalue weighted by Gasteiger charge is -2.50. The number of esters is 1. The normalized spacial score (nSPS) is 24.8. The number of nitrogens with one attached hydrogen (secondary N) is 2. The van der Waals surface area contributed by atoms with Crippen molar-refractivity contribution in [2.45, 2.75) is 43.4 Å². The molecule has 3 aromatic rings. The minimum atomic E-state index is -0.373. The first kappa shape index (κ1) is 21.9. The van der Waals surface area contributed by atoms with E-state index in [2.05, 4.69) is 39.5 Å². The summed E-state index contributed by atoms with van der Waals surface area (Å²) in [7, 11) is 3.14. The SMILES string of the molecule is COC(=O)[C@@H]1Cc2c([nH]c3ccccc23)[C@H]2C[C@@H](NCCO)C[C@@H](c3cccc(OC)c3)N21. The zero-order valence-electron chi connectivity index (χ0n) is 19.1. The van der Waals surface area contributed by atoms with Crippen LogP contribution in [0.5, 0.6) is 5.75 Å². The fraction of sp³-hybridized carbons (Fsp3) is 0.423. The molecule has 2 aliphatic rings. The van der Waals surface area contributed by atoms with Gasteiger partial charge in [-0.2, -0.15) is 0 Å². The molecule has 0 aliphatic carbocycles. The molecule has 0 spiro atoms. The Morgan fingerprint density at radius 1 is 1.15 bits per heavy atom. The minimum Gasteiger partial charge on any atom is -0.497 e. The molecule has 0 saturated carbocycles. The molecule has 7 nitrogen and oxygen atoms in total. The quantitative estimate of drug-likeness (QED) is 0.502. The summed E-state index contributed by atoms with van der Waals surface area (Å²) in [5, 5.41) is 14.1. The van der Waals surface area contributed by atoms with E-state index in [1.54, 1.807) is 7.11 Å². The molecule has 4 atom stereocenters. The maximum atomic E-state index is 13.1. The predicted molar refractivity (Wildman–Crippen MR) is 126 cm³/mol. The zero-order chi connectivity index (χ0) is 22.9. The molecule has 0 radical (unpaired) electrons. The largest absolute Gasteiger partial charge is 0.497 e. The van der Waals surface area contributed by atoms with E-state index >= 15 is 0 Å². The lowest BCUT2D eigenvalue weighted by Crippen LogP contribution is -2.55. The fourth-order valence-electron chi connectivity index (χ4n) is 5.75. The van der Waals surface area contributed by atoms with Crippen LogP contribution in [0, 0.1) is 0 Å². The highest BCUT2D eigenvalue weighted by Gasteiger charge is 2.48. The van der Waals surface area contributed by atoms with Crippen molar-refractivity contribution in [2.24, 2.45) is 0 Å². The molecular formula is C26H31N3O4. The van der Waals surface area contributed by atoms with Gasteiger partial charge in [0.05, 0.1) is 26.9 Å². The third kappa shape index (κ3) is 3.90. The zero-order valence-corrected chi connectivity index (χ0v) is 19.1. The first-order valence-corrected chi connectivity index (χ1v) is 11.6. The second-order valence-corrected chi connectivity index (χ2v) is 8.91. The lowest BCUT2D eigenvalue weighted by atomic mass is 9.79. The summed E-state index contributed by atoms with van der Waals surface area (Å²) >= 11 is 0. The third-order valence-corrected chi connectivity index (χ3v) is 7.17. The molecule has 1 aromatic heterocycles. The number of nitrogens with zero attached hydrogens (tertiary/aromatic N) is 1. The number of hydrogen-bond donors (Lipinski definition) is 3. The summed E-state index contributed by atoms with van der Waals surface area (Å²) in [5.41, 5.74) is 4.59. The number of carbonyl (C=O) groups is 1. The molecule has 1 fully saturated rings. The maximum absolute atomic E-state index is 13.1. The number of para-hydroxylation sites is 1. The number of piperidine rings is 1. The highest BCUT2D eigenvalue weighted by molar-refractivity contribution is 5.87. The number of methoxy groups -OCH3 is 2. The molecule has 7 heteroatoms. The van der Waals surface area contributed by atoms with Crippen LogP contribution in [-0.4, -0.2) is 60.4 Å². The van der Waals surface area contributed by atoms with Crippen LogP contribution in [0.1, 0.15) is 41.7 Å². The molecular weight excluding hydrogens is 418 g/mol. The smallest absolute Gasteiger partial charge is 0.323 e. The van der Waals surface area contributed by atoms with Crippen molar-refractivity contribution in [3.8, 4) is 5.75 Å². The van der Waals surface area contributed by atoms with Gasteiger partial charge in [-0.1, -0.05) is 30.3 Å². The van der Waals surface area contributed by atoms with Gasteiger partial charge in [-0.05, 0) is 42.2 Å². The third-order valence-electron chi connectivity index (χ3n) is 7.17. The number of rotatable bonds is 6. The maximum Gasteiger partial charge on any atom is 0.323 e. The number of aliphatic hydroxyl groups excluding tert-OH is 1. The van der Waals surface area contributed by atoms with Crippen LogP contribution in [0.3, 0.4) is 0 Å². The fourth-order valence-corrected chi connectivity index (χ4v) is 5.75. The summed E-state index contributed by atoms with van der Waals surface area (Å²) in [5.74, 6) is 0.595. The number of aromatic amines is 1. The Labute approximate surface area is 193 Å². The van der Waals surface area contributed by atoms with E-state index in [1.165, 1.54) is 23.8 Å². The second kappa shape index (κ2) is 9.17. The van der Waals surface area contributed by atoms with Crippen molar-refractivity contribution in [1.82, 2.24) is 15.2 Å². The van der Waals surface area contributed by atoms with E-state index in [9.17, 15) is 9.90 Å². The van der Waals surface area contributed by atoms with Crippen LogP contribution in [0.15, 0.2) is 48.5 Å². The Balaban J connectivity index is 1.64. The van der Waals surface area contributed by atoms with Crippen LogP contribution >= 0.6 is 0 Å². The molecule has 33 heavy (non-hydrogen) atoms. The van der Waals surface area contributed by atoms with E-state index < -0.39 is 0 Å². The second-order valence-electron chi connectivity index (χ2n) is 8.91. The minimum absolute atomic E-state index is 0.00120. The van der Waals surface area contributed by atoms with Crippen molar-refractivity contribution >= 4 is 16.9 Å². The van der Waals surface area contributed by atoms with Gasteiger partial charge in [-0.25, -0.2) is 0 Å². The van der Waals surface area contributed by atoms with Gasteiger partial charge in [0, 0.05) is 41.6 Å². The molecule has 1 saturated heterocycles. The standard InChI is InChI=1S/C26H31N3O4/c1-32-18-7-5-6-16(12-18)22-13-17(27-10-11-30)14-23-25-20(15-24(29(22)23)26(31)33-2)19-8-3-4-9-21(19)28-25/h3-9,12,17,22-24,27-28,30H,10-11,13-15H2,1-2H3/t17-,22-,23+,24-/m0/s1. The Bertz CT molecular complexity index is 1140. The molecule has 5 rings (SSSR count). The Kier molecular flexibility index (Phi) is 6.10. The monoisotopic (exact) mass is 449 g/mol. The van der Waals surface area contributed by atoms with Gasteiger partial charge in [0.25, 0.3) is 0 Å². The van der Waals surface area contributed by atoms with Crippen molar-refractivity contribution < 1.29 is 19.4 Å². The van der Waals surface area contributed by atoms with Gasteiger partial charge in [-0.3, -0.25) is 9.69 Å². The van der Waals surface area contributed by atoms with Crippen molar-refractivity contribution in [2.75, 3.05) is 27.4 Å². The average Bonchev–Trinajstić information content (AvgIpc) is 3.25. The van der Waals surface area contributed by atoms with Crippen molar-refractivity contribution in [1.29, 1.82) is 0 Å². The Morgan fingerprint density at radius 2 is 1.97 bits per heavy atom. The molecule has 2 aliphatic heterocycles. The topological polar surface area (TPSA) is 86.8 Å². The molecule has 0 bridgehead atoms. The van der Waals surface area contributed by atoms with Gasteiger partial charge in [-0.15, -0.1) is 0 Å². The van der Waals surface area contributed by atoms with Gasteiger partial charge >= 0.3 is 5.97 Å². The van der Waals surface area contributed by atoms with Crippen molar-refractivity contribution in [3.05, 3.63) is 65.4 Å². The van der Waals surface area contributed by atoms with Crippen LogP contribution in [0.25, 0.3) is 10.9 Å². The lowest BCUT2D eigenvalue weighted by molar-refractivity contribution is -0.152. The summed E-state index contributed by atoms with van der Waals surface area (Å²) in [6.07, 6.45) is 2.28. The van der Waals surface area contributed by atoms with Gasteiger partial charge in [0.1, 0.15) is 11.8 Å². The number of aliphatic hydroxyl groups is 1. The number of ether oxygens (including phenoxy) is 2.